The van der Waals surface area contributed by atoms with Crippen LogP contribution in [-0.4, -0.2) is 165 Å². The molecular formula is C94H156Cl4KN8O22S2+. The summed E-state index contributed by atoms with van der Waals surface area (Å²) in [6.45, 7) is 57.8. The van der Waals surface area contributed by atoms with Crippen LogP contribution < -0.4 is 70.9 Å². The van der Waals surface area contributed by atoms with Crippen molar-refractivity contribution in [2.45, 2.75) is 332 Å². The van der Waals surface area contributed by atoms with Gasteiger partial charge >= 0.3 is 79.7 Å². The summed E-state index contributed by atoms with van der Waals surface area (Å²) in [6.07, 6.45) is 21.0. The Morgan fingerprint density at radius 3 is 0.885 bits per heavy atom. The van der Waals surface area contributed by atoms with E-state index in [0.29, 0.717) is 26.4 Å². The van der Waals surface area contributed by atoms with Gasteiger partial charge in [-0.05, 0) is 255 Å². The number of rotatable bonds is 26. The van der Waals surface area contributed by atoms with Crippen LogP contribution in [0.3, 0.4) is 0 Å². The number of halogens is 4. The molecule has 4 aromatic carbocycles. The van der Waals surface area contributed by atoms with Crippen molar-refractivity contribution in [3.8, 4) is 0 Å². The number of carbonyl (C=O) groups excluding carboxylic acids is 4. The van der Waals surface area contributed by atoms with Gasteiger partial charge in [-0.25, -0.2) is 15.3 Å². The van der Waals surface area contributed by atoms with Crippen LogP contribution in [0.25, 0.3) is 0 Å². The minimum Gasteiger partial charge on any atom is -0.481 e. The Morgan fingerprint density at radius 2 is 0.679 bits per heavy atom. The molecule has 744 valence electrons. The Labute approximate surface area is 845 Å². The largest absolute Gasteiger partial charge is 1.00 e. The number of aliphatic hydroxyl groups is 1. The Bertz CT molecular complexity index is 3800. The average molecular weight is 2000 g/mol. The van der Waals surface area contributed by atoms with E-state index in [4.69, 9.17) is 95.8 Å². The van der Waals surface area contributed by atoms with Crippen LogP contribution in [0.4, 0.5) is 0 Å². The molecule has 0 amide bonds. The maximum atomic E-state index is 11.3. The zero-order valence-electron chi connectivity index (χ0n) is 81.5. The standard InChI is InChI=1S/2C24H37NO3.C19H29NO3.C17H27NO2.C5H8.C2H3ClO.C2H4O2.CH4.Cl2OS.ClO3.K.2H2N2.H2O4S/c2*1-19(13-16-28-25-23(3,4)14-10-15-24(25,5)6)17-22(18-27-20(2)26)21-11-8-7-9-12-21;1-15(21)22-14-17(16-10-7-6-8-11-16)23-20-18(2,3)12-9-13-19(20,4)5;1-16(2)11-8-12-17(3,4)18(16)20-15(13-19)14-9-6-5-7-10-14;1-4-5(2)3;2*1-2(3)4;;1-4(2)3;2-1(3)4;;2*1-2;1-5(2,3)4/h2*7-9,11-13,22H,10,14-18H2,1-6H3;6-8,10-11,17H,9,12-14H2,1-5H3;5-7,9-10,15,19H,8,11-13H2,1-4H3;4H,1-2H2,3H3;1H3;1H3,(H,3,4);1H4;;;;2*1-2H;(H2,1,2,3,4)/q;;;;;;;;;-1;+1;;;/p+1. The number of carboxylic acid groups (broad SMARTS) is 1. The summed E-state index contributed by atoms with van der Waals surface area (Å²) in [4.78, 5) is 77.1. The van der Waals surface area contributed by atoms with Gasteiger partial charge in [-0.15, -0.1) is 0 Å². The van der Waals surface area contributed by atoms with E-state index in [1.807, 2.05) is 104 Å². The molecule has 4 aromatic rings. The molecule has 4 heterocycles. The first-order valence-electron chi connectivity index (χ1n) is 42.2. The number of esters is 3. The zero-order chi connectivity index (χ0) is 101. The number of nitrogens with two attached hydrogens (primary N) is 1. The molecule has 30 nitrogen and oxygen atoms in total. The fourth-order valence-electron chi connectivity index (χ4n) is 15.2. The smallest absolute Gasteiger partial charge is 0.481 e. The van der Waals surface area contributed by atoms with Crippen LogP contribution in [-0.2, 0) is 77.2 Å². The molecule has 9 N–H and O–H groups in total. The molecule has 4 aliphatic heterocycles. The third-order valence-corrected chi connectivity index (χ3v) is 20.4. The van der Waals surface area contributed by atoms with E-state index >= 15 is 0 Å². The number of carboxylic acids is 1. The first kappa shape index (κ1) is 137. The second-order valence-electron chi connectivity index (χ2n) is 35.9. The number of hydrogen-bond donors (Lipinski definition) is 8. The topological polar surface area (TPSA) is 461 Å². The molecular weight excluding hydrogens is 1840 g/mol. The molecule has 0 bridgehead atoms. The fourth-order valence-corrected chi connectivity index (χ4v) is 15.2. The van der Waals surface area contributed by atoms with Crippen molar-refractivity contribution in [1.82, 2.24) is 20.3 Å². The van der Waals surface area contributed by atoms with E-state index < -0.39 is 36.4 Å². The zero-order valence-corrected chi connectivity index (χ0v) is 89.3. The molecule has 37 heteroatoms. The molecule has 4 unspecified atom stereocenters. The monoisotopic (exact) mass is 1990 g/mol. The minimum absolute atomic E-state index is 0. The number of carbonyl (C=O) groups is 5. The maximum Gasteiger partial charge on any atom is 1.00 e. The molecule has 4 saturated heterocycles. The normalized spacial score (nSPS) is 17.9. The number of benzene rings is 4. The second kappa shape index (κ2) is 70.5. The SMILES string of the molecule is C.C=CC(=C)C.CC(=O)Cl.CC(=O)O.CC(=O)OCC(CC(C)=CCON1C(C)(C)CCCC1(C)C)c1ccccc1.CC(=O)OCC(CC(C)=CCON1C(C)(C)CCCC1(C)C)c1ccccc1.CC(=O)OCC(ON1C(C)(C)CCCC1(C)C)c1ccccc1.CC1(C)CCCC(C)(C)N1OC(CO)c1ccccc1.N=N.N=[NH2+].O=S(=O)(O)O.O=S(Cl)Cl.[K+].[O-][Cl+2]([O-])[O-]. The predicted octanol–water partition coefficient (Wildman–Crippen LogP) is 15.7. The fraction of sp³-hybridized carbons (Fsp3) is 0.606. The summed E-state index contributed by atoms with van der Waals surface area (Å²) in [6, 6.07) is 40.4. The Kier molecular flexibility index (Phi) is 73.6. The van der Waals surface area contributed by atoms with Gasteiger partial charge in [0.25, 0.3) is 5.97 Å². The van der Waals surface area contributed by atoms with E-state index in [0.717, 1.165) is 87.8 Å². The summed E-state index contributed by atoms with van der Waals surface area (Å²) in [5, 5.41) is 25.4. The van der Waals surface area contributed by atoms with Crippen molar-refractivity contribution in [3.63, 3.8) is 0 Å². The quantitative estimate of drug-likeness (QED) is 0.00423. The third kappa shape index (κ3) is 65.4. The van der Waals surface area contributed by atoms with Crippen LogP contribution in [0.1, 0.15) is 310 Å². The number of nitrogens with one attached hydrogen (secondary N) is 3. The van der Waals surface area contributed by atoms with Crippen molar-refractivity contribution >= 4 is 81.7 Å². The number of ether oxygens (including phenoxy) is 3. The number of aliphatic carboxylic acids is 1. The van der Waals surface area contributed by atoms with Gasteiger partial charge in [0.2, 0.25) is 14.5 Å². The number of nitrogens with zero attached hydrogens (tertiary/aromatic N) is 4. The van der Waals surface area contributed by atoms with E-state index in [2.05, 4.69) is 233 Å². The Morgan fingerprint density at radius 1 is 0.489 bits per heavy atom. The number of hydrogen-bond acceptors (Lipinski definition) is 26. The van der Waals surface area contributed by atoms with Crippen LogP contribution in [0.15, 0.2) is 169 Å². The number of allylic oxidation sites excluding steroid dienone is 4. The first-order valence-corrected chi connectivity index (χ1v) is 47.7. The summed E-state index contributed by atoms with van der Waals surface area (Å²) in [5.74, 6) is -1.28. The molecule has 131 heavy (non-hydrogen) atoms. The van der Waals surface area contributed by atoms with Crippen LogP contribution in [0.2, 0.25) is 0 Å². The van der Waals surface area contributed by atoms with E-state index in [9.17, 15) is 24.3 Å². The molecule has 0 spiro atoms. The number of piperidine rings is 4. The number of aliphatic hydroxyl groups excluding tert-OH is 1. The molecule has 4 aliphatic rings. The summed E-state index contributed by atoms with van der Waals surface area (Å²) >= 11 is 4.64. The molecule has 4 fully saturated rings. The molecule has 4 atom stereocenters. The van der Waals surface area contributed by atoms with Crippen molar-refractivity contribution in [2.75, 3.05) is 39.6 Å². The van der Waals surface area contributed by atoms with Gasteiger partial charge in [-0.1, -0.05) is 182 Å². The van der Waals surface area contributed by atoms with Gasteiger partial charge in [-0.2, -0.15) is 34.2 Å². The van der Waals surface area contributed by atoms with Crippen molar-refractivity contribution in [1.29, 1.82) is 16.6 Å². The van der Waals surface area contributed by atoms with E-state index in [-0.39, 0.29) is 164 Å². The van der Waals surface area contributed by atoms with Crippen molar-refractivity contribution in [2.24, 2.45) is 0 Å². The maximum absolute atomic E-state index is 11.3. The van der Waals surface area contributed by atoms with Crippen molar-refractivity contribution < 1.29 is 171 Å². The third-order valence-electron chi connectivity index (χ3n) is 20.4. The Hall–Kier alpha value is -5.07. The second-order valence-corrected chi connectivity index (χ2v) is 40.2. The summed E-state index contributed by atoms with van der Waals surface area (Å²) in [5.41, 5.74) is 27.0. The van der Waals surface area contributed by atoms with E-state index in [1.54, 1.807) is 6.08 Å². The number of hydroxylamine groups is 8. The van der Waals surface area contributed by atoms with Crippen LogP contribution in [0, 0.1) is 27.4 Å². The van der Waals surface area contributed by atoms with Gasteiger partial charge in [-0.3, -0.25) is 52.4 Å². The first-order chi connectivity index (χ1) is 59.5. The summed E-state index contributed by atoms with van der Waals surface area (Å²) < 4.78 is 81.8. The van der Waals surface area contributed by atoms with Gasteiger partial charge < -0.3 is 38.4 Å². The van der Waals surface area contributed by atoms with E-state index in [1.165, 1.54) is 75.7 Å². The van der Waals surface area contributed by atoms with Crippen molar-refractivity contribution in [3.05, 3.63) is 192 Å². The Balaban J connectivity index is -0.000000359. The minimum atomic E-state index is -4.67. The predicted molar refractivity (Wildman–Crippen MR) is 506 cm³/mol. The van der Waals surface area contributed by atoms with Gasteiger partial charge in [0.15, 0.2) is 0 Å². The summed E-state index contributed by atoms with van der Waals surface area (Å²) in [7, 11) is -0.160. The average Bonchev–Trinajstić information content (AvgIpc) is 0.781. The molecule has 8 rings (SSSR count). The molecule has 0 aromatic heterocycles. The van der Waals surface area contributed by atoms with Gasteiger partial charge in [0.05, 0.1) is 43.8 Å². The molecule has 0 radical (unpaired) electrons. The molecule has 0 saturated carbocycles. The van der Waals surface area contributed by atoms with Gasteiger partial charge in [0.1, 0.15) is 18.8 Å². The van der Waals surface area contributed by atoms with Crippen LogP contribution >= 0.6 is 33.0 Å². The molecule has 0 aliphatic carbocycles. The van der Waals surface area contributed by atoms with Crippen LogP contribution in [0.5, 0.6) is 0 Å². The van der Waals surface area contributed by atoms with Gasteiger partial charge in [0, 0.05) is 112 Å².